The van der Waals surface area contributed by atoms with Crippen LogP contribution in [0.1, 0.15) is 31.2 Å². The van der Waals surface area contributed by atoms with Crippen molar-refractivity contribution in [1.82, 2.24) is 0 Å². The fourth-order valence-corrected chi connectivity index (χ4v) is 8.69. The van der Waals surface area contributed by atoms with E-state index in [0.29, 0.717) is 21.3 Å². The maximum Gasteiger partial charge on any atom is 0.488 e. The Morgan fingerprint density at radius 1 is 0.891 bits per heavy atom. The van der Waals surface area contributed by atoms with Crippen molar-refractivity contribution in [2.45, 2.75) is 25.7 Å². The lowest BCUT2D eigenvalue weighted by Gasteiger charge is -2.49. The van der Waals surface area contributed by atoms with Gasteiger partial charge in [-0.05, 0) is 67.5 Å². The van der Waals surface area contributed by atoms with E-state index in [0.717, 1.165) is 4.90 Å². The summed E-state index contributed by atoms with van der Waals surface area (Å²) in [5.74, 6) is -5.47. The summed E-state index contributed by atoms with van der Waals surface area (Å²) in [6.45, 7) is 1.75. The van der Waals surface area contributed by atoms with Crippen LogP contribution in [0.5, 0.6) is 11.5 Å². The van der Waals surface area contributed by atoms with Crippen LogP contribution in [0.3, 0.4) is 0 Å². The number of anilines is 2. The molecule has 7 rings (SSSR count). The van der Waals surface area contributed by atoms with E-state index >= 15 is 0 Å². The van der Waals surface area contributed by atoms with Crippen LogP contribution in [0.2, 0.25) is 0 Å². The highest BCUT2D eigenvalue weighted by Gasteiger charge is 2.68. The minimum atomic E-state index is -1.78. The van der Waals surface area contributed by atoms with Gasteiger partial charge in [-0.2, -0.15) is 0 Å². The third-order valence-corrected chi connectivity index (χ3v) is 10.8. The number of para-hydroxylation sites is 1. The summed E-state index contributed by atoms with van der Waals surface area (Å²) < 4.78 is 6.06. The monoisotopic (exact) mass is 684 g/mol. The molecule has 0 unspecified atom stereocenters. The molecule has 3 fully saturated rings. The van der Waals surface area contributed by atoms with Gasteiger partial charge in [0, 0.05) is 16.0 Å². The molecule has 1 saturated carbocycles. The summed E-state index contributed by atoms with van der Waals surface area (Å²) in [6.07, 6.45) is 2.27. The van der Waals surface area contributed by atoms with Crippen LogP contribution in [0.15, 0.2) is 82.9 Å². The molecule has 3 N–H and O–H groups in total. The Labute approximate surface area is 273 Å². The number of methoxy groups -OCH3 is 1. The molecule has 6 atom stereocenters. The maximum atomic E-state index is 14.5. The third-order valence-electron chi connectivity index (χ3n) is 10.3. The van der Waals surface area contributed by atoms with Crippen molar-refractivity contribution >= 4 is 63.5 Å². The Morgan fingerprint density at radius 3 is 2.30 bits per heavy atom. The van der Waals surface area contributed by atoms with E-state index in [1.54, 1.807) is 61.5 Å². The number of rotatable bonds is 5. The zero-order chi connectivity index (χ0) is 32.7. The van der Waals surface area contributed by atoms with Crippen molar-refractivity contribution in [3.05, 3.63) is 88.4 Å². The van der Waals surface area contributed by atoms with Gasteiger partial charge in [-0.3, -0.25) is 24.1 Å². The van der Waals surface area contributed by atoms with Crippen molar-refractivity contribution in [2.24, 2.45) is 29.1 Å². The van der Waals surface area contributed by atoms with Gasteiger partial charge in [-0.25, -0.2) is 4.90 Å². The lowest BCUT2D eigenvalue weighted by molar-refractivity contribution is -0.131. The number of allylic oxidation sites excluding steroid dienone is 2. The minimum Gasteiger partial charge on any atom is -0.504 e. The number of benzene rings is 3. The molecule has 3 aromatic rings. The zero-order valence-electron chi connectivity index (χ0n) is 25.0. The van der Waals surface area contributed by atoms with Gasteiger partial charge in [0.05, 0.1) is 41.7 Å². The molecule has 10 nitrogen and oxygen atoms in total. The molecule has 0 bridgehead atoms. The van der Waals surface area contributed by atoms with Gasteiger partial charge >= 0.3 is 7.12 Å². The summed E-state index contributed by atoms with van der Waals surface area (Å²) in [4.78, 5) is 59.2. The molecule has 0 aromatic heterocycles. The summed E-state index contributed by atoms with van der Waals surface area (Å²) in [6, 6.07) is 18.0. The van der Waals surface area contributed by atoms with Gasteiger partial charge in [0.15, 0.2) is 11.5 Å². The SMILES string of the molecule is COc1cc(Br)cc([C@H]2C3=CC[C@@H]4C(=O)N(c5cccc(B(O)O)c5)C(=O)[C@@H]4[C@@H]3C[C@H]3C(=O)N(c4ccccc4)C(=O)[C@@]23C)c1O. The van der Waals surface area contributed by atoms with E-state index in [2.05, 4.69) is 15.9 Å². The first kappa shape index (κ1) is 30.4. The molecule has 0 radical (unpaired) electrons. The summed E-state index contributed by atoms with van der Waals surface area (Å²) in [7, 11) is -0.360. The smallest absolute Gasteiger partial charge is 0.488 e. The van der Waals surface area contributed by atoms with E-state index in [4.69, 9.17) is 4.74 Å². The highest BCUT2D eigenvalue weighted by atomic mass is 79.9. The number of hydrogen-bond acceptors (Lipinski definition) is 8. The van der Waals surface area contributed by atoms with Crippen LogP contribution in [0.25, 0.3) is 0 Å². The summed E-state index contributed by atoms with van der Waals surface area (Å²) in [5.41, 5.74) is 0.557. The number of nitrogens with zero attached hydrogens (tertiary/aromatic N) is 2. The maximum absolute atomic E-state index is 14.5. The van der Waals surface area contributed by atoms with E-state index < -0.39 is 65.8 Å². The van der Waals surface area contributed by atoms with Crippen LogP contribution in [0, 0.1) is 29.1 Å². The molecule has 2 saturated heterocycles. The molecule has 4 aliphatic rings. The van der Waals surface area contributed by atoms with Crippen LogP contribution < -0.4 is 20.0 Å². The Morgan fingerprint density at radius 2 is 1.61 bits per heavy atom. The number of carbonyl (C=O) groups excluding carboxylic acids is 4. The van der Waals surface area contributed by atoms with Crippen molar-refractivity contribution in [3.63, 3.8) is 0 Å². The standard InChI is InChI=1S/C34H30BBrN2O8/c1-34-25(31(41)38(33(34)43)19-8-4-3-5-9-19)16-23-21(28(34)24-14-18(36)15-26(46-2)29(24)39)11-12-22-27(23)32(42)37(30(22)40)20-10-6-7-17(13-20)35(44)45/h3-11,13-15,22-23,25,27-28,39,44-45H,12,16H2,1-2H3/t22-,23+,25-,27-,28+,34+/m0/s1. The summed E-state index contributed by atoms with van der Waals surface area (Å²) >= 11 is 3.51. The van der Waals surface area contributed by atoms with E-state index in [1.807, 2.05) is 6.08 Å². The average molecular weight is 685 g/mol. The number of fused-ring (bicyclic) bond motifs is 4. The van der Waals surface area contributed by atoms with Gasteiger partial charge in [-0.15, -0.1) is 0 Å². The molecule has 46 heavy (non-hydrogen) atoms. The lowest BCUT2D eigenvalue weighted by Crippen LogP contribution is -2.49. The normalized spacial score (nSPS) is 28.5. The molecule has 0 spiro atoms. The molecular weight excluding hydrogens is 655 g/mol. The number of phenolic OH excluding ortho intramolecular Hbond substituents is 1. The van der Waals surface area contributed by atoms with Crippen LogP contribution in [-0.4, -0.2) is 53.0 Å². The molecule has 2 heterocycles. The number of imide groups is 2. The number of amides is 4. The van der Waals surface area contributed by atoms with E-state index in [-0.39, 0.29) is 35.5 Å². The number of carbonyl (C=O) groups is 4. The highest BCUT2D eigenvalue weighted by molar-refractivity contribution is 9.10. The predicted molar refractivity (Wildman–Crippen MR) is 172 cm³/mol. The number of aromatic hydroxyl groups is 1. The third kappa shape index (κ3) is 4.23. The van der Waals surface area contributed by atoms with Crippen molar-refractivity contribution < 1.29 is 39.1 Å². The number of halogens is 1. The fourth-order valence-electron chi connectivity index (χ4n) is 8.23. The molecule has 3 aromatic carbocycles. The number of hydrogen-bond donors (Lipinski definition) is 3. The van der Waals surface area contributed by atoms with Crippen molar-refractivity contribution in [2.75, 3.05) is 16.9 Å². The molecule has 4 amide bonds. The first-order valence-corrected chi connectivity index (χ1v) is 15.8. The van der Waals surface area contributed by atoms with Gasteiger partial charge in [0.1, 0.15) is 0 Å². The predicted octanol–water partition coefficient (Wildman–Crippen LogP) is 3.28. The van der Waals surface area contributed by atoms with Gasteiger partial charge < -0.3 is 19.9 Å². The van der Waals surface area contributed by atoms with Gasteiger partial charge in [-0.1, -0.05) is 57.9 Å². The van der Waals surface area contributed by atoms with E-state index in [1.165, 1.54) is 24.1 Å². The second kappa shape index (κ2) is 10.9. The van der Waals surface area contributed by atoms with Gasteiger partial charge in [0.25, 0.3) is 0 Å². The fraction of sp³-hybridized carbons (Fsp3) is 0.294. The number of ether oxygens (including phenoxy) is 1. The molecule has 12 heteroatoms. The Kier molecular flexibility index (Phi) is 7.22. The van der Waals surface area contributed by atoms with Crippen LogP contribution >= 0.6 is 15.9 Å². The Bertz CT molecular complexity index is 1850. The van der Waals surface area contributed by atoms with Crippen molar-refractivity contribution in [1.29, 1.82) is 0 Å². The average Bonchev–Trinajstić information content (AvgIpc) is 3.42. The summed E-state index contributed by atoms with van der Waals surface area (Å²) in [5, 5.41) is 31.0. The van der Waals surface area contributed by atoms with Crippen molar-refractivity contribution in [3.8, 4) is 11.5 Å². The van der Waals surface area contributed by atoms with Crippen LogP contribution in [0.4, 0.5) is 11.4 Å². The minimum absolute atomic E-state index is 0.135. The molecular formula is C34H30BBrN2O8. The van der Waals surface area contributed by atoms with Gasteiger partial charge in [0.2, 0.25) is 23.6 Å². The quantitative estimate of drug-likeness (QED) is 0.211. The Balaban J connectivity index is 1.39. The highest BCUT2D eigenvalue weighted by Crippen LogP contribution is 2.65. The first-order valence-electron chi connectivity index (χ1n) is 15.0. The second-order valence-corrected chi connectivity index (χ2v) is 13.4. The molecule has 234 valence electrons. The van der Waals surface area contributed by atoms with E-state index in [9.17, 15) is 34.3 Å². The second-order valence-electron chi connectivity index (χ2n) is 12.5. The van der Waals surface area contributed by atoms with Crippen LogP contribution in [-0.2, 0) is 19.2 Å². The first-order chi connectivity index (χ1) is 22.0. The Hall–Kier alpha value is -4.26. The topological polar surface area (TPSA) is 145 Å². The zero-order valence-corrected chi connectivity index (χ0v) is 26.5. The largest absolute Gasteiger partial charge is 0.504 e. The lowest BCUT2D eigenvalue weighted by atomic mass is 9.51. The molecule has 2 aliphatic carbocycles. The number of phenols is 1. The molecule has 2 aliphatic heterocycles.